The molecule has 1 heterocycles. The molecule has 1 aliphatic rings. The van der Waals surface area contributed by atoms with E-state index in [1.54, 1.807) is 6.07 Å². The van der Waals surface area contributed by atoms with Crippen molar-refractivity contribution in [1.29, 1.82) is 0 Å². The summed E-state index contributed by atoms with van der Waals surface area (Å²) in [5.41, 5.74) is 8.09. The van der Waals surface area contributed by atoms with Crippen LogP contribution >= 0.6 is 0 Å². The number of piperidine rings is 1. The van der Waals surface area contributed by atoms with Gasteiger partial charge in [0.15, 0.2) is 0 Å². The molecule has 0 bridgehead atoms. The maximum Gasteiger partial charge on any atom is 0.256 e. The molecule has 0 aromatic heterocycles. The summed E-state index contributed by atoms with van der Waals surface area (Å²) in [6.45, 7) is 1.72. The van der Waals surface area contributed by atoms with Crippen LogP contribution in [-0.2, 0) is 0 Å². The molecular weight excluding hydrogens is 226 g/mol. The number of likely N-dealkylation sites (tertiary alicyclic amines) is 1. The molecule has 2 rings (SSSR count). The lowest BCUT2D eigenvalue weighted by Crippen LogP contribution is -2.36. The summed E-state index contributed by atoms with van der Waals surface area (Å²) in [4.78, 5) is 16.4. The average Bonchev–Trinajstić information content (AvgIpc) is 2.38. The summed E-state index contributed by atoms with van der Waals surface area (Å²) in [6, 6.07) is 5.53. The second-order valence-electron chi connectivity index (χ2n) is 5.02. The first-order valence-electron chi connectivity index (χ1n) is 6.45. The Balaban J connectivity index is 2.30. The largest absolute Gasteiger partial charge is 0.399 e. The predicted molar refractivity (Wildman–Crippen MR) is 74.9 cm³/mol. The molecule has 1 saturated heterocycles. The fourth-order valence-corrected chi connectivity index (χ4v) is 2.38. The summed E-state index contributed by atoms with van der Waals surface area (Å²) >= 11 is 0. The van der Waals surface area contributed by atoms with Crippen LogP contribution in [0.3, 0.4) is 0 Å². The summed E-state index contributed by atoms with van der Waals surface area (Å²) in [7, 11) is 3.89. The lowest BCUT2D eigenvalue weighted by molar-refractivity contribution is 0.0725. The lowest BCUT2D eigenvalue weighted by Gasteiger charge is -2.28. The molecule has 98 valence electrons. The zero-order valence-corrected chi connectivity index (χ0v) is 11.1. The second kappa shape index (κ2) is 5.29. The number of carbonyl (C=O) groups excluding carboxylic acids is 1. The van der Waals surface area contributed by atoms with Crippen LogP contribution in [0.1, 0.15) is 29.6 Å². The van der Waals surface area contributed by atoms with Crippen LogP contribution in [0.4, 0.5) is 11.4 Å². The first kappa shape index (κ1) is 12.7. The third-order valence-electron chi connectivity index (χ3n) is 3.38. The zero-order chi connectivity index (χ0) is 13.1. The molecule has 0 aliphatic carbocycles. The number of hydrogen-bond donors (Lipinski definition) is 1. The molecule has 1 aromatic rings. The normalized spacial score (nSPS) is 15.6. The molecular formula is C14H21N3O. The standard InChI is InChI=1S/C14H21N3O/c1-16(2)13-7-6-11(15)10-12(13)14(18)17-8-4-3-5-9-17/h6-7,10H,3-5,8-9,15H2,1-2H3. The van der Waals surface area contributed by atoms with E-state index < -0.39 is 0 Å². The third-order valence-corrected chi connectivity index (χ3v) is 3.38. The van der Waals surface area contributed by atoms with Gasteiger partial charge in [-0.15, -0.1) is 0 Å². The number of amides is 1. The van der Waals surface area contributed by atoms with Gasteiger partial charge in [-0.3, -0.25) is 4.79 Å². The van der Waals surface area contributed by atoms with Crippen molar-refractivity contribution in [3.8, 4) is 0 Å². The van der Waals surface area contributed by atoms with Crippen LogP contribution in [0.5, 0.6) is 0 Å². The van der Waals surface area contributed by atoms with Crippen molar-refractivity contribution in [2.24, 2.45) is 0 Å². The van der Waals surface area contributed by atoms with Gasteiger partial charge in [-0.05, 0) is 37.5 Å². The van der Waals surface area contributed by atoms with Gasteiger partial charge in [0.25, 0.3) is 5.91 Å². The van der Waals surface area contributed by atoms with Crippen molar-refractivity contribution in [2.75, 3.05) is 37.8 Å². The summed E-state index contributed by atoms with van der Waals surface area (Å²) in [5, 5.41) is 0. The van der Waals surface area contributed by atoms with Crippen LogP contribution in [0, 0.1) is 0 Å². The van der Waals surface area contributed by atoms with Gasteiger partial charge >= 0.3 is 0 Å². The molecule has 1 aliphatic heterocycles. The van der Waals surface area contributed by atoms with Crippen molar-refractivity contribution in [2.45, 2.75) is 19.3 Å². The van der Waals surface area contributed by atoms with Crippen LogP contribution in [-0.4, -0.2) is 38.0 Å². The van der Waals surface area contributed by atoms with Gasteiger partial charge in [0, 0.05) is 38.6 Å². The molecule has 1 aromatic carbocycles. The summed E-state index contributed by atoms with van der Waals surface area (Å²) < 4.78 is 0. The van der Waals surface area contributed by atoms with Crippen LogP contribution in [0.2, 0.25) is 0 Å². The summed E-state index contributed by atoms with van der Waals surface area (Å²) in [5.74, 6) is 0.103. The quantitative estimate of drug-likeness (QED) is 0.813. The number of hydrogen-bond acceptors (Lipinski definition) is 3. The smallest absolute Gasteiger partial charge is 0.256 e. The molecule has 2 N–H and O–H groups in total. The van der Waals surface area contributed by atoms with E-state index in [2.05, 4.69) is 0 Å². The van der Waals surface area contributed by atoms with Crippen molar-refractivity contribution in [1.82, 2.24) is 4.90 Å². The van der Waals surface area contributed by atoms with Crippen molar-refractivity contribution < 1.29 is 4.79 Å². The van der Waals surface area contributed by atoms with Crippen LogP contribution in [0.25, 0.3) is 0 Å². The Kier molecular flexibility index (Phi) is 3.75. The van der Waals surface area contributed by atoms with Gasteiger partial charge in [-0.1, -0.05) is 0 Å². The molecule has 4 heteroatoms. The number of nitrogens with two attached hydrogens (primary N) is 1. The molecule has 1 amide bonds. The first-order valence-corrected chi connectivity index (χ1v) is 6.45. The van der Waals surface area contributed by atoms with E-state index in [1.165, 1.54) is 6.42 Å². The molecule has 0 unspecified atom stereocenters. The number of benzene rings is 1. The number of nitrogen functional groups attached to an aromatic ring is 1. The van der Waals surface area contributed by atoms with E-state index in [0.29, 0.717) is 11.3 Å². The number of nitrogens with zero attached hydrogens (tertiary/aromatic N) is 2. The van der Waals surface area contributed by atoms with Crippen molar-refractivity contribution in [3.63, 3.8) is 0 Å². The minimum Gasteiger partial charge on any atom is -0.399 e. The maximum absolute atomic E-state index is 12.5. The number of anilines is 2. The molecule has 0 atom stereocenters. The van der Waals surface area contributed by atoms with E-state index in [-0.39, 0.29) is 5.91 Å². The van der Waals surface area contributed by atoms with E-state index in [0.717, 1.165) is 31.6 Å². The Morgan fingerprint density at radius 1 is 1.22 bits per heavy atom. The highest BCUT2D eigenvalue weighted by atomic mass is 16.2. The van der Waals surface area contributed by atoms with Gasteiger partial charge in [-0.2, -0.15) is 0 Å². The molecule has 0 saturated carbocycles. The van der Waals surface area contributed by atoms with E-state index in [9.17, 15) is 4.79 Å². The van der Waals surface area contributed by atoms with Crippen LogP contribution < -0.4 is 10.6 Å². The minimum atomic E-state index is 0.103. The van der Waals surface area contributed by atoms with E-state index in [4.69, 9.17) is 5.73 Å². The Morgan fingerprint density at radius 2 is 1.89 bits per heavy atom. The molecule has 1 fully saturated rings. The Hall–Kier alpha value is -1.71. The van der Waals surface area contributed by atoms with Crippen LogP contribution in [0.15, 0.2) is 18.2 Å². The summed E-state index contributed by atoms with van der Waals surface area (Å²) in [6.07, 6.45) is 3.43. The SMILES string of the molecule is CN(C)c1ccc(N)cc1C(=O)N1CCCCC1. The number of carbonyl (C=O) groups is 1. The average molecular weight is 247 g/mol. The minimum absolute atomic E-state index is 0.103. The Bertz CT molecular complexity index is 437. The van der Waals surface area contributed by atoms with Gasteiger partial charge < -0.3 is 15.5 Å². The maximum atomic E-state index is 12.5. The predicted octanol–water partition coefficient (Wildman–Crippen LogP) is 1.96. The highest BCUT2D eigenvalue weighted by Crippen LogP contribution is 2.24. The highest BCUT2D eigenvalue weighted by molar-refractivity contribution is 6.00. The fourth-order valence-electron chi connectivity index (χ4n) is 2.38. The molecule has 18 heavy (non-hydrogen) atoms. The zero-order valence-electron chi connectivity index (χ0n) is 11.1. The third kappa shape index (κ3) is 2.58. The number of rotatable bonds is 2. The lowest BCUT2D eigenvalue weighted by atomic mass is 10.1. The molecule has 0 radical (unpaired) electrons. The van der Waals surface area contributed by atoms with Gasteiger partial charge in [0.2, 0.25) is 0 Å². The Labute approximate surface area is 108 Å². The molecule has 0 spiro atoms. The van der Waals surface area contributed by atoms with Crippen molar-refractivity contribution >= 4 is 17.3 Å². The van der Waals surface area contributed by atoms with Gasteiger partial charge in [-0.25, -0.2) is 0 Å². The van der Waals surface area contributed by atoms with Gasteiger partial charge in [0.05, 0.1) is 5.56 Å². The Morgan fingerprint density at radius 3 is 2.50 bits per heavy atom. The highest BCUT2D eigenvalue weighted by Gasteiger charge is 2.21. The molecule has 4 nitrogen and oxygen atoms in total. The first-order chi connectivity index (χ1) is 8.59. The van der Waals surface area contributed by atoms with Crippen molar-refractivity contribution in [3.05, 3.63) is 23.8 Å². The van der Waals surface area contributed by atoms with E-state index >= 15 is 0 Å². The topological polar surface area (TPSA) is 49.6 Å². The fraction of sp³-hybridized carbons (Fsp3) is 0.500. The monoisotopic (exact) mass is 247 g/mol. The van der Waals surface area contributed by atoms with Gasteiger partial charge in [0.1, 0.15) is 0 Å². The second-order valence-corrected chi connectivity index (χ2v) is 5.02. The van der Waals surface area contributed by atoms with E-state index in [1.807, 2.05) is 36.0 Å².